The number of halogens is 1. The lowest BCUT2D eigenvalue weighted by Gasteiger charge is -2.39. The van der Waals surface area contributed by atoms with Crippen LogP contribution in [0.5, 0.6) is 0 Å². The predicted octanol–water partition coefficient (Wildman–Crippen LogP) is 2.36. The monoisotopic (exact) mass is 413 g/mol. The summed E-state index contributed by atoms with van der Waals surface area (Å²) < 4.78 is 25.8. The van der Waals surface area contributed by atoms with Crippen LogP contribution in [0.25, 0.3) is 0 Å². The van der Waals surface area contributed by atoms with Gasteiger partial charge in [-0.1, -0.05) is 17.7 Å². The number of anilines is 1. The van der Waals surface area contributed by atoms with Crippen molar-refractivity contribution >= 4 is 33.2 Å². The maximum absolute atomic E-state index is 12.9. The Morgan fingerprint density at radius 1 is 1.19 bits per heavy atom. The number of piperazine rings is 1. The third-order valence-electron chi connectivity index (χ3n) is 5.59. The Bertz CT molecular complexity index is 791. The molecule has 2 aliphatic rings. The number of piperidine rings is 1. The van der Waals surface area contributed by atoms with Gasteiger partial charge in [-0.2, -0.15) is 0 Å². The fourth-order valence-corrected chi connectivity index (χ4v) is 5.27. The lowest BCUT2D eigenvalue weighted by atomic mass is 9.97. The van der Waals surface area contributed by atoms with Crippen molar-refractivity contribution < 1.29 is 13.2 Å². The molecule has 0 aliphatic carbocycles. The Labute approximate surface area is 167 Å². The molecule has 0 unspecified atom stereocenters. The van der Waals surface area contributed by atoms with Gasteiger partial charge in [0.1, 0.15) is 0 Å². The largest absolute Gasteiger partial charge is 0.368 e. The molecule has 8 heteroatoms. The highest BCUT2D eigenvalue weighted by Gasteiger charge is 2.34. The van der Waals surface area contributed by atoms with E-state index in [0.29, 0.717) is 31.2 Å². The molecule has 0 bridgehead atoms. The minimum atomic E-state index is -3.23. The summed E-state index contributed by atoms with van der Waals surface area (Å²) >= 11 is 6.13. The van der Waals surface area contributed by atoms with Crippen LogP contribution < -0.4 is 4.90 Å². The second kappa shape index (κ2) is 8.37. The summed E-state index contributed by atoms with van der Waals surface area (Å²) in [5.41, 5.74) is 2.29. The molecule has 1 amide bonds. The van der Waals surface area contributed by atoms with Gasteiger partial charge in [0, 0.05) is 50.0 Å². The highest BCUT2D eigenvalue weighted by molar-refractivity contribution is 7.89. The Balaban J connectivity index is 1.61. The second-order valence-corrected chi connectivity index (χ2v) is 10.0. The van der Waals surface area contributed by atoms with Gasteiger partial charge >= 0.3 is 0 Å². The van der Waals surface area contributed by atoms with Gasteiger partial charge in [-0.05, 0) is 44.4 Å². The number of amides is 1. The molecule has 27 heavy (non-hydrogen) atoms. The standard InChI is InChI=1S/C19H28ClN3O3S/c1-3-27(25,26)23-8-4-5-16(14-23)19(24)22-11-9-21(10-12-22)18-13-17(20)7-6-15(18)2/h6-7,13,16H,3-5,8-12,14H2,1-2H3/t16-/m1/s1. The number of rotatable bonds is 4. The van der Waals surface area contributed by atoms with E-state index in [9.17, 15) is 13.2 Å². The predicted molar refractivity (Wildman–Crippen MR) is 109 cm³/mol. The summed E-state index contributed by atoms with van der Waals surface area (Å²) in [7, 11) is -3.23. The van der Waals surface area contributed by atoms with Crippen molar-refractivity contribution in [2.24, 2.45) is 5.92 Å². The first-order valence-corrected chi connectivity index (χ1v) is 11.6. The third kappa shape index (κ3) is 4.58. The van der Waals surface area contributed by atoms with E-state index in [1.54, 1.807) is 6.92 Å². The van der Waals surface area contributed by atoms with Crippen molar-refractivity contribution in [2.75, 3.05) is 49.9 Å². The minimum absolute atomic E-state index is 0.0889. The van der Waals surface area contributed by atoms with Gasteiger partial charge in [-0.3, -0.25) is 4.79 Å². The Morgan fingerprint density at radius 2 is 1.89 bits per heavy atom. The number of hydrogen-bond acceptors (Lipinski definition) is 4. The zero-order valence-electron chi connectivity index (χ0n) is 16.0. The molecule has 2 heterocycles. The summed E-state index contributed by atoms with van der Waals surface area (Å²) in [6, 6.07) is 5.88. The Morgan fingerprint density at radius 3 is 2.56 bits per heavy atom. The Hall–Kier alpha value is -1.31. The summed E-state index contributed by atoms with van der Waals surface area (Å²) in [6.07, 6.45) is 1.51. The first-order chi connectivity index (χ1) is 12.8. The van der Waals surface area contributed by atoms with Gasteiger partial charge in [0.2, 0.25) is 15.9 Å². The topological polar surface area (TPSA) is 60.9 Å². The molecule has 1 atom stereocenters. The molecule has 0 spiro atoms. The molecule has 2 aliphatic heterocycles. The van der Waals surface area contributed by atoms with Crippen LogP contribution in [-0.4, -0.2) is 68.6 Å². The lowest BCUT2D eigenvalue weighted by Crippen LogP contribution is -2.53. The molecule has 0 N–H and O–H groups in total. The van der Waals surface area contributed by atoms with Crippen LogP contribution >= 0.6 is 11.6 Å². The van der Waals surface area contributed by atoms with Crippen molar-refractivity contribution in [3.63, 3.8) is 0 Å². The van der Waals surface area contributed by atoms with E-state index in [4.69, 9.17) is 11.6 Å². The van der Waals surface area contributed by atoms with Crippen LogP contribution in [0.4, 0.5) is 5.69 Å². The van der Waals surface area contributed by atoms with Crippen LogP contribution in [0.1, 0.15) is 25.3 Å². The summed E-state index contributed by atoms with van der Waals surface area (Å²) in [5, 5.41) is 0.716. The van der Waals surface area contributed by atoms with Gasteiger partial charge in [0.15, 0.2) is 0 Å². The summed E-state index contributed by atoms with van der Waals surface area (Å²) in [6.45, 7) is 7.40. The van der Waals surface area contributed by atoms with Crippen molar-refractivity contribution in [2.45, 2.75) is 26.7 Å². The molecule has 150 valence electrons. The molecule has 2 fully saturated rings. The van der Waals surface area contributed by atoms with Gasteiger partial charge < -0.3 is 9.80 Å². The highest BCUT2D eigenvalue weighted by atomic mass is 35.5. The third-order valence-corrected chi connectivity index (χ3v) is 7.68. The molecule has 3 rings (SSSR count). The highest BCUT2D eigenvalue weighted by Crippen LogP contribution is 2.26. The van der Waals surface area contributed by atoms with Gasteiger partial charge in [-0.15, -0.1) is 0 Å². The fourth-order valence-electron chi connectivity index (χ4n) is 3.93. The molecular formula is C19H28ClN3O3S. The maximum Gasteiger partial charge on any atom is 0.227 e. The minimum Gasteiger partial charge on any atom is -0.368 e. The van der Waals surface area contributed by atoms with E-state index in [2.05, 4.69) is 11.8 Å². The number of sulfonamides is 1. The van der Waals surface area contributed by atoms with E-state index in [1.807, 2.05) is 23.1 Å². The number of benzene rings is 1. The van der Waals surface area contributed by atoms with Crippen LogP contribution in [0.2, 0.25) is 5.02 Å². The van der Waals surface area contributed by atoms with Gasteiger partial charge in [0.05, 0.1) is 11.7 Å². The van der Waals surface area contributed by atoms with Crippen molar-refractivity contribution in [3.05, 3.63) is 28.8 Å². The molecule has 0 radical (unpaired) electrons. The van der Waals surface area contributed by atoms with Crippen LogP contribution in [0.3, 0.4) is 0 Å². The quantitative estimate of drug-likeness (QED) is 0.760. The summed E-state index contributed by atoms with van der Waals surface area (Å²) in [4.78, 5) is 17.1. The van der Waals surface area contributed by atoms with Crippen molar-refractivity contribution in [3.8, 4) is 0 Å². The van der Waals surface area contributed by atoms with E-state index >= 15 is 0 Å². The van der Waals surface area contributed by atoms with Crippen LogP contribution in [0, 0.1) is 12.8 Å². The van der Waals surface area contributed by atoms with E-state index in [1.165, 1.54) is 9.87 Å². The molecule has 2 saturated heterocycles. The number of nitrogens with zero attached hydrogens (tertiary/aromatic N) is 3. The first kappa shape index (κ1) is 20.4. The number of carbonyl (C=O) groups excluding carboxylic acids is 1. The second-order valence-electron chi connectivity index (χ2n) is 7.34. The van der Waals surface area contributed by atoms with E-state index in [-0.39, 0.29) is 17.6 Å². The van der Waals surface area contributed by atoms with E-state index < -0.39 is 10.0 Å². The maximum atomic E-state index is 12.9. The molecule has 6 nitrogen and oxygen atoms in total. The summed E-state index contributed by atoms with van der Waals surface area (Å²) in [5.74, 6) is -0.0426. The average molecular weight is 414 g/mol. The number of aryl methyl sites for hydroxylation is 1. The van der Waals surface area contributed by atoms with Crippen LogP contribution in [-0.2, 0) is 14.8 Å². The van der Waals surface area contributed by atoms with Crippen molar-refractivity contribution in [1.82, 2.24) is 9.21 Å². The zero-order chi connectivity index (χ0) is 19.6. The van der Waals surface area contributed by atoms with Crippen LogP contribution in [0.15, 0.2) is 18.2 Å². The molecule has 0 saturated carbocycles. The van der Waals surface area contributed by atoms with Crippen molar-refractivity contribution in [1.29, 1.82) is 0 Å². The Kier molecular flexibility index (Phi) is 6.33. The zero-order valence-corrected chi connectivity index (χ0v) is 17.6. The molecule has 1 aromatic carbocycles. The average Bonchev–Trinajstić information content (AvgIpc) is 2.69. The number of carbonyl (C=O) groups is 1. The SMILES string of the molecule is CCS(=O)(=O)N1CCC[C@@H](C(=O)N2CCN(c3cc(Cl)ccc3C)CC2)C1. The molecular weight excluding hydrogens is 386 g/mol. The smallest absolute Gasteiger partial charge is 0.227 e. The normalized spacial score (nSPS) is 22.1. The molecule has 0 aromatic heterocycles. The van der Waals surface area contributed by atoms with E-state index in [0.717, 1.165) is 31.6 Å². The lowest BCUT2D eigenvalue weighted by molar-refractivity contribution is -0.137. The molecule has 1 aromatic rings. The fraction of sp³-hybridized carbons (Fsp3) is 0.632. The first-order valence-electron chi connectivity index (χ1n) is 9.59. The van der Waals surface area contributed by atoms with Gasteiger partial charge in [-0.25, -0.2) is 12.7 Å². The number of hydrogen-bond donors (Lipinski definition) is 0. The van der Waals surface area contributed by atoms with Gasteiger partial charge in [0.25, 0.3) is 0 Å².